The number of amides is 2. The number of carbonyl (C=O) groups excluding carboxylic acids is 2. The predicted octanol–water partition coefficient (Wildman–Crippen LogP) is 2.09. The first kappa shape index (κ1) is 20.3. The molecule has 0 aromatic carbocycles. The second kappa shape index (κ2) is 9.09. The zero-order chi connectivity index (χ0) is 19.2. The Bertz CT molecular complexity index is 547. The van der Waals surface area contributed by atoms with Gasteiger partial charge in [0.1, 0.15) is 5.60 Å². The molecule has 26 heavy (non-hydrogen) atoms. The van der Waals surface area contributed by atoms with Gasteiger partial charge in [-0.05, 0) is 45.2 Å². The van der Waals surface area contributed by atoms with Gasteiger partial charge in [0.2, 0.25) is 5.91 Å². The standard InChI is InChI=1S/C17H30N6O3/c1-17(2,3)26-16(25)22-9-7-21(8-10-22)5-4-6-23-13-14(11-15(23)24)12-19-20-18/h14H,4-13H2,1-3H3. The van der Waals surface area contributed by atoms with Gasteiger partial charge in [0.25, 0.3) is 0 Å². The molecule has 9 nitrogen and oxygen atoms in total. The van der Waals surface area contributed by atoms with E-state index in [1.54, 1.807) is 4.90 Å². The zero-order valence-electron chi connectivity index (χ0n) is 16.1. The summed E-state index contributed by atoms with van der Waals surface area (Å²) in [6.07, 6.45) is 1.14. The van der Waals surface area contributed by atoms with Crippen LogP contribution in [-0.4, -0.2) is 84.7 Å². The Balaban J connectivity index is 1.64. The number of rotatable bonds is 6. The molecular weight excluding hydrogens is 336 g/mol. The van der Waals surface area contributed by atoms with Crippen molar-refractivity contribution in [2.24, 2.45) is 11.0 Å². The highest BCUT2D eigenvalue weighted by Gasteiger charge is 2.29. The molecule has 2 aliphatic rings. The summed E-state index contributed by atoms with van der Waals surface area (Å²) in [5.74, 6) is 0.300. The van der Waals surface area contributed by atoms with E-state index in [0.29, 0.717) is 32.6 Å². The van der Waals surface area contributed by atoms with Crippen molar-refractivity contribution in [3.8, 4) is 0 Å². The minimum Gasteiger partial charge on any atom is -0.444 e. The molecule has 0 aromatic rings. The molecule has 1 atom stereocenters. The molecule has 1 unspecified atom stereocenters. The van der Waals surface area contributed by atoms with Crippen LogP contribution < -0.4 is 0 Å². The molecule has 2 amide bonds. The van der Waals surface area contributed by atoms with Crippen LogP contribution in [0.4, 0.5) is 4.79 Å². The molecule has 2 saturated heterocycles. The highest BCUT2D eigenvalue weighted by atomic mass is 16.6. The molecule has 2 rings (SSSR count). The number of ether oxygens (including phenoxy) is 1. The fraction of sp³-hybridized carbons (Fsp3) is 0.882. The van der Waals surface area contributed by atoms with Crippen molar-refractivity contribution in [3.63, 3.8) is 0 Å². The van der Waals surface area contributed by atoms with Gasteiger partial charge in [0.05, 0.1) is 0 Å². The number of nitrogens with zero attached hydrogens (tertiary/aromatic N) is 6. The van der Waals surface area contributed by atoms with E-state index in [2.05, 4.69) is 14.9 Å². The van der Waals surface area contributed by atoms with Crippen LogP contribution in [0.15, 0.2) is 5.11 Å². The maximum Gasteiger partial charge on any atom is 0.410 e. The fourth-order valence-electron chi connectivity index (χ4n) is 3.31. The van der Waals surface area contributed by atoms with Gasteiger partial charge in [-0.15, -0.1) is 0 Å². The van der Waals surface area contributed by atoms with E-state index >= 15 is 0 Å². The first-order valence-electron chi connectivity index (χ1n) is 9.27. The number of piperazine rings is 1. The van der Waals surface area contributed by atoms with Gasteiger partial charge in [0, 0.05) is 57.1 Å². The normalized spacial score (nSPS) is 21.7. The lowest BCUT2D eigenvalue weighted by atomic mass is 10.1. The van der Waals surface area contributed by atoms with E-state index in [4.69, 9.17) is 10.3 Å². The van der Waals surface area contributed by atoms with Crippen molar-refractivity contribution in [3.05, 3.63) is 10.4 Å². The zero-order valence-corrected chi connectivity index (χ0v) is 16.1. The van der Waals surface area contributed by atoms with Gasteiger partial charge in [-0.3, -0.25) is 9.69 Å². The summed E-state index contributed by atoms with van der Waals surface area (Å²) in [4.78, 5) is 32.7. The quantitative estimate of drug-likeness (QED) is 0.408. The Labute approximate surface area is 154 Å². The number of carbonyl (C=O) groups is 2. The second-order valence-electron chi connectivity index (χ2n) is 7.99. The Morgan fingerprint density at radius 3 is 2.58 bits per heavy atom. The maximum atomic E-state index is 12.1. The summed E-state index contributed by atoms with van der Waals surface area (Å²) in [5.41, 5.74) is 7.91. The van der Waals surface area contributed by atoms with Crippen molar-refractivity contribution in [1.82, 2.24) is 14.7 Å². The first-order chi connectivity index (χ1) is 12.3. The summed E-state index contributed by atoms with van der Waals surface area (Å²) in [5, 5.41) is 3.57. The first-order valence-corrected chi connectivity index (χ1v) is 9.27. The van der Waals surface area contributed by atoms with Crippen LogP contribution in [0.25, 0.3) is 10.4 Å². The lowest BCUT2D eigenvalue weighted by molar-refractivity contribution is -0.127. The van der Waals surface area contributed by atoms with Crippen molar-refractivity contribution in [1.29, 1.82) is 0 Å². The summed E-state index contributed by atoms with van der Waals surface area (Å²) in [6.45, 7) is 11.3. The van der Waals surface area contributed by atoms with E-state index in [1.165, 1.54) is 0 Å². The number of likely N-dealkylation sites (tertiary alicyclic amines) is 1. The van der Waals surface area contributed by atoms with Crippen LogP contribution in [0, 0.1) is 5.92 Å². The molecule has 0 aromatic heterocycles. The van der Waals surface area contributed by atoms with Crippen LogP contribution in [0.2, 0.25) is 0 Å². The second-order valence-corrected chi connectivity index (χ2v) is 7.99. The molecule has 0 aliphatic carbocycles. The topological polar surface area (TPSA) is 102 Å². The molecule has 2 heterocycles. The van der Waals surface area contributed by atoms with Crippen LogP contribution in [0.3, 0.4) is 0 Å². The summed E-state index contributed by atoms with van der Waals surface area (Å²) < 4.78 is 5.41. The molecule has 9 heteroatoms. The van der Waals surface area contributed by atoms with Gasteiger partial charge in [-0.1, -0.05) is 5.11 Å². The highest BCUT2D eigenvalue weighted by molar-refractivity contribution is 5.78. The van der Waals surface area contributed by atoms with E-state index in [-0.39, 0.29) is 17.9 Å². The Kier molecular flexibility index (Phi) is 7.11. The predicted molar refractivity (Wildman–Crippen MR) is 97.6 cm³/mol. The lowest BCUT2D eigenvalue weighted by Crippen LogP contribution is -2.50. The summed E-state index contributed by atoms with van der Waals surface area (Å²) in [6, 6.07) is 0. The van der Waals surface area contributed by atoms with Crippen LogP contribution in [-0.2, 0) is 9.53 Å². The number of azide groups is 1. The third-order valence-electron chi connectivity index (χ3n) is 4.62. The molecule has 0 radical (unpaired) electrons. The van der Waals surface area contributed by atoms with Crippen LogP contribution >= 0.6 is 0 Å². The third-order valence-corrected chi connectivity index (χ3v) is 4.62. The smallest absolute Gasteiger partial charge is 0.410 e. The summed E-state index contributed by atoms with van der Waals surface area (Å²) in [7, 11) is 0. The number of hydrogen-bond acceptors (Lipinski definition) is 5. The van der Waals surface area contributed by atoms with Gasteiger partial charge in [-0.2, -0.15) is 0 Å². The van der Waals surface area contributed by atoms with E-state index < -0.39 is 5.60 Å². The Hall–Kier alpha value is -1.99. The molecule has 2 fully saturated rings. The average Bonchev–Trinajstić information content (AvgIpc) is 2.92. The average molecular weight is 366 g/mol. The van der Waals surface area contributed by atoms with Crippen molar-refractivity contribution >= 4 is 12.0 Å². The monoisotopic (exact) mass is 366 g/mol. The Morgan fingerprint density at radius 1 is 1.27 bits per heavy atom. The van der Waals surface area contributed by atoms with Gasteiger partial charge in [0.15, 0.2) is 0 Å². The fourth-order valence-corrected chi connectivity index (χ4v) is 3.31. The van der Waals surface area contributed by atoms with Crippen LogP contribution in [0.1, 0.15) is 33.6 Å². The third kappa shape index (κ3) is 6.38. The minimum absolute atomic E-state index is 0.149. The molecule has 2 aliphatic heterocycles. The lowest BCUT2D eigenvalue weighted by Gasteiger charge is -2.35. The van der Waals surface area contributed by atoms with Gasteiger partial charge >= 0.3 is 6.09 Å². The molecular formula is C17H30N6O3. The molecule has 146 valence electrons. The molecule has 0 spiro atoms. The molecule has 0 saturated carbocycles. The Morgan fingerprint density at radius 2 is 1.96 bits per heavy atom. The van der Waals surface area contributed by atoms with Crippen molar-refractivity contribution in [2.45, 2.75) is 39.2 Å². The number of hydrogen-bond donors (Lipinski definition) is 0. The highest BCUT2D eigenvalue weighted by Crippen LogP contribution is 2.18. The maximum absolute atomic E-state index is 12.1. The molecule has 0 bridgehead atoms. The molecule has 0 N–H and O–H groups in total. The van der Waals surface area contributed by atoms with Crippen molar-refractivity contribution < 1.29 is 14.3 Å². The van der Waals surface area contributed by atoms with E-state index in [0.717, 1.165) is 32.6 Å². The largest absolute Gasteiger partial charge is 0.444 e. The van der Waals surface area contributed by atoms with E-state index in [1.807, 2.05) is 25.7 Å². The van der Waals surface area contributed by atoms with Crippen LogP contribution in [0.5, 0.6) is 0 Å². The van der Waals surface area contributed by atoms with Crippen molar-refractivity contribution in [2.75, 3.05) is 52.4 Å². The minimum atomic E-state index is -0.465. The SMILES string of the molecule is CC(C)(C)OC(=O)N1CCN(CCCN2CC(CN=[N+]=[N-])CC2=O)CC1. The summed E-state index contributed by atoms with van der Waals surface area (Å²) >= 11 is 0. The van der Waals surface area contributed by atoms with Gasteiger partial charge < -0.3 is 14.5 Å². The van der Waals surface area contributed by atoms with Gasteiger partial charge in [-0.25, -0.2) is 4.79 Å². The van der Waals surface area contributed by atoms with E-state index in [9.17, 15) is 9.59 Å².